The number of rotatable bonds is 6. The van der Waals surface area contributed by atoms with Gasteiger partial charge in [-0.1, -0.05) is 30.3 Å². The highest BCUT2D eigenvalue weighted by Gasteiger charge is 2.18. The van der Waals surface area contributed by atoms with Crippen LogP contribution in [0.5, 0.6) is 11.5 Å². The van der Waals surface area contributed by atoms with Crippen LogP contribution in [0.3, 0.4) is 0 Å². The summed E-state index contributed by atoms with van der Waals surface area (Å²) >= 11 is 0. The maximum Gasteiger partial charge on any atom is 0.160 e. The van der Waals surface area contributed by atoms with Crippen LogP contribution in [0.2, 0.25) is 0 Å². The van der Waals surface area contributed by atoms with Crippen LogP contribution in [0.25, 0.3) is 0 Å². The third-order valence-electron chi connectivity index (χ3n) is 4.41. The van der Waals surface area contributed by atoms with Gasteiger partial charge in [-0.05, 0) is 75.4 Å². The summed E-state index contributed by atoms with van der Waals surface area (Å²) in [5.41, 5.74) is 4.49. The number of hydrogen-bond donors (Lipinski definition) is 3. The molecule has 0 atom stereocenters. The van der Waals surface area contributed by atoms with Gasteiger partial charge in [0.1, 0.15) is 0 Å². The summed E-state index contributed by atoms with van der Waals surface area (Å²) in [6.07, 6.45) is 1.79. The average Bonchev–Trinajstić information content (AvgIpc) is 2.49. The Balaban J connectivity index is 1.95. The van der Waals surface area contributed by atoms with Gasteiger partial charge in [0.05, 0.1) is 0 Å². The second-order valence-corrected chi connectivity index (χ2v) is 6.88. The van der Waals surface area contributed by atoms with Gasteiger partial charge in [0.25, 0.3) is 0 Å². The van der Waals surface area contributed by atoms with Gasteiger partial charge < -0.3 is 15.5 Å². The first-order chi connectivity index (χ1) is 10.8. The van der Waals surface area contributed by atoms with E-state index in [1.165, 1.54) is 11.1 Å². The number of phenolic OH excluding ortho intramolecular Hbond substituents is 2. The van der Waals surface area contributed by atoms with Gasteiger partial charge in [-0.15, -0.1) is 0 Å². The predicted molar refractivity (Wildman–Crippen MR) is 95.2 cm³/mol. The van der Waals surface area contributed by atoms with Crippen LogP contribution in [-0.4, -0.2) is 22.3 Å². The van der Waals surface area contributed by atoms with E-state index < -0.39 is 0 Å². The molecule has 0 aliphatic rings. The van der Waals surface area contributed by atoms with Crippen molar-refractivity contribution in [3.05, 3.63) is 58.7 Å². The highest BCUT2D eigenvalue weighted by atomic mass is 16.3. The third kappa shape index (κ3) is 4.49. The van der Waals surface area contributed by atoms with Gasteiger partial charge in [-0.25, -0.2) is 0 Å². The fourth-order valence-corrected chi connectivity index (χ4v) is 2.88. The lowest BCUT2D eigenvalue weighted by Gasteiger charge is -2.27. The van der Waals surface area contributed by atoms with Crippen LogP contribution >= 0.6 is 0 Å². The zero-order valence-electron chi connectivity index (χ0n) is 14.5. The van der Waals surface area contributed by atoms with Crippen LogP contribution in [0.4, 0.5) is 0 Å². The fourth-order valence-electron chi connectivity index (χ4n) is 2.88. The molecule has 0 amide bonds. The van der Waals surface area contributed by atoms with Crippen molar-refractivity contribution in [1.82, 2.24) is 5.32 Å². The molecule has 0 heterocycles. The quantitative estimate of drug-likeness (QED) is 0.710. The molecular weight excluding hydrogens is 286 g/mol. The molecule has 0 radical (unpaired) electrons. The van der Waals surface area contributed by atoms with Gasteiger partial charge in [0.2, 0.25) is 0 Å². The van der Waals surface area contributed by atoms with Gasteiger partial charge in [-0.2, -0.15) is 0 Å². The van der Waals surface area contributed by atoms with Gasteiger partial charge in [-0.3, -0.25) is 0 Å². The Morgan fingerprint density at radius 2 is 1.65 bits per heavy atom. The lowest BCUT2D eigenvalue weighted by Crippen LogP contribution is -2.42. The van der Waals surface area contributed by atoms with Crippen LogP contribution < -0.4 is 5.32 Å². The lowest BCUT2D eigenvalue weighted by molar-refractivity contribution is 0.386. The molecule has 0 fully saturated rings. The smallest absolute Gasteiger partial charge is 0.160 e. The summed E-state index contributed by atoms with van der Waals surface area (Å²) in [4.78, 5) is 0. The maximum absolute atomic E-state index is 9.80. The molecule has 0 saturated heterocycles. The van der Waals surface area contributed by atoms with Crippen molar-refractivity contribution in [3.63, 3.8) is 0 Å². The molecule has 0 spiro atoms. The van der Waals surface area contributed by atoms with E-state index in [-0.39, 0.29) is 17.0 Å². The van der Waals surface area contributed by atoms with Gasteiger partial charge in [0.15, 0.2) is 11.5 Å². The summed E-state index contributed by atoms with van der Waals surface area (Å²) in [7, 11) is 0. The Kier molecular flexibility index (Phi) is 5.32. The molecule has 0 unspecified atom stereocenters. The van der Waals surface area contributed by atoms with E-state index in [2.05, 4.69) is 50.4 Å². The predicted octanol–water partition coefficient (Wildman–Crippen LogP) is 3.87. The van der Waals surface area contributed by atoms with E-state index in [1.54, 1.807) is 6.07 Å². The zero-order chi connectivity index (χ0) is 17.0. The molecule has 3 heteroatoms. The van der Waals surface area contributed by atoms with E-state index in [4.69, 9.17) is 0 Å². The number of phenols is 2. The molecule has 2 aromatic rings. The van der Waals surface area contributed by atoms with Crippen LogP contribution in [0, 0.1) is 13.8 Å². The minimum absolute atomic E-state index is 0.00101. The van der Waals surface area contributed by atoms with Crippen molar-refractivity contribution in [2.45, 2.75) is 46.1 Å². The molecule has 124 valence electrons. The topological polar surface area (TPSA) is 52.5 Å². The largest absolute Gasteiger partial charge is 0.504 e. The summed E-state index contributed by atoms with van der Waals surface area (Å²) in [5, 5.41) is 22.9. The number of nitrogens with one attached hydrogen (secondary N) is 1. The standard InChI is InChI=1S/C20H27NO2/c1-14-7-5-6-8-17(14)13-20(3,4)21-12-11-16-9-10-18(22)19(23)15(16)2/h5-10,21-23H,11-13H2,1-4H3. The summed E-state index contributed by atoms with van der Waals surface area (Å²) in [5.74, 6) is -0.0687. The second kappa shape index (κ2) is 7.05. The Bertz CT molecular complexity index is 677. The van der Waals surface area contributed by atoms with E-state index in [0.717, 1.165) is 30.5 Å². The molecule has 3 nitrogen and oxygen atoms in total. The van der Waals surface area contributed by atoms with Crippen molar-refractivity contribution in [1.29, 1.82) is 0 Å². The normalized spacial score (nSPS) is 11.7. The van der Waals surface area contributed by atoms with Crippen molar-refractivity contribution < 1.29 is 10.2 Å². The van der Waals surface area contributed by atoms with E-state index >= 15 is 0 Å². The van der Waals surface area contributed by atoms with E-state index in [9.17, 15) is 10.2 Å². The van der Waals surface area contributed by atoms with E-state index in [0.29, 0.717) is 0 Å². The number of benzene rings is 2. The molecular formula is C20H27NO2. The minimum atomic E-state index is -0.0564. The van der Waals surface area contributed by atoms with E-state index in [1.807, 2.05) is 13.0 Å². The molecule has 23 heavy (non-hydrogen) atoms. The van der Waals surface area contributed by atoms with Crippen LogP contribution in [0.1, 0.15) is 36.1 Å². The van der Waals surface area contributed by atoms with Crippen LogP contribution in [0.15, 0.2) is 36.4 Å². The second-order valence-electron chi connectivity index (χ2n) is 6.88. The van der Waals surface area contributed by atoms with Gasteiger partial charge >= 0.3 is 0 Å². The third-order valence-corrected chi connectivity index (χ3v) is 4.41. The Morgan fingerprint density at radius 1 is 0.957 bits per heavy atom. The van der Waals surface area contributed by atoms with Crippen LogP contribution in [-0.2, 0) is 12.8 Å². The molecule has 2 rings (SSSR count). The summed E-state index contributed by atoms with van der Waals surface area (Å²) in [6.45, 7) is 9.22. The van der Waals surface area contributed by atoms with Crippen molar-refractivity contribution in [2.75, 3.05) is 6.54 Å². The molecule has 0 aromatic heterocycles. The number of aryl methyl sites for hydroxylation is 1. The monoisotopic (exact) mass is 313 g/mol. The highest BCUT2D eigenvalue weighted by molar-refractivity contribution is 5.48. The maximum atomic E-state index is 9.80. The fraction of sp³-hybridized carbons (Fsp3) is 0.400. The molecule has 0 aliphatic carbocycles. The minimum Gasteiger partial charge on any atom is -0.504 e. The zero-order valence-corrected chi connectivity index (χ0v) is 14.5. The van der Waals surface area contributed by atoms with Gasteiger partial charge in [0, 0.05) is 5.54 Å². The molecule has 0 saturated carbocycles. The Morgan fingerprint density at radius 3 is 2.35 bits per heavy atom. The number of hydrogen-bond acceptors (Lipinski definition) is 3. The SMILES string of the molecule is Cc1ccccc1CC(C)(C)NCCc1ccc(O)c(O)c1C. The molecule has 2 aromatic carbocycles. The molecule has 0 bridgehead atoms. The van der Waals surface area contributed by atoms with Crippen molar-refractivity contribution in [2.24, 2.45) is 0 Å². The number of aromatic hydroxyl groups is 2. The lowest BCUT2D eigenvalue weighted by atomic mass is 9.92. The summed E-state index contributed by atoms with van der Waals surface area (Å²) in [6, 6.07) is 11.9. The first-order valence-corrected chi connectivity index (χ1v) is 8.10. The van der Waals surface area contributed by atoms with Crippen molar-refractivity contribution >= 4 is 0 Å². The molecule has 0 aliphatic heterocycles. The average molecular weight is 313 g/mol. The Labute approximate surface area is 139 Å². The molecule has 3 N–H and O–H groups in total. The highest BCUT2D eigenvalue weighted by Crippen LogP contribution is 2.30. The Hall–Kier alpha value is -2.00. The first kappa shape index (κ1) is 17.4. The summed E-state index contributed by atoms with van der Waals surface area (Å²) < 4.78 is 0. The van der Waals surface area contributed by atoms with Crippen molar-refractivity contribution in [3.8, 4) is 11.5 Å². The first-order valence-electron chi connectivity index (χ1n) is 8.10.